The van der Waals surface area contributed by atoms with Crippen LogP contribution in [0.15, 0.2) is 66.7 Å². The Morgan fingerprint density at radius 1 is 0.929 bits per heavy atom. The predicted octanol–water partition coefficient (Wildman–Crippen LogP) is 4.36. The lowest BCUT2D eigenvalue weighted by atomic mass is 9.92. The third kappa shape index (κ3) is 2.18. The number of rotatable bonds is 1. The maximum Gasteiger partial charge on any atom is 0.276 e. The Morgan fingerprint density at radius 2 is 1.68 bits per heavy atom. The van der Waals surface area contributed by atoms with E-state index in [-0.39, 0.29) is 5.91 Å². The first-order chi connectivity index (χ1) is 13.5. The lowest BCUT2D eigenvalue weighted by molar-refractivity contribution is -0.119. The van der Waals surface area contributed by atoms with Crippen LogP contribution < -0.4 is 15.5 Å². The zero-order valence-corrected chi connectivity index (χ0v) is 15.1. The van der Waals surface area contributed by atoms with E-state index in [4.69, 9.17) is 11.6 Å². The first-order valence-corrected chi connectivity index (χ1v) is 8.97. The van der Waals surface area contributed by atoms with Crippen molar-refractivity contribution in [3.8, 4) is 0 Å². The van der Waals surface area contributed by atoms with Crippen LogP contribution in [0.25, 0.3) is 0 Å². The molecule has 7 heteroatoms. The molecule has 2 N–H and O–H groups in total. The summed E-state index contributed by atoms with van der Waals surface area (Å²) in [6, 6.07) is 17.5. The molecule has 0 bridgehead atoms. The molecule has 28 heavy (non-hydrogen) atoms. The number of nitrogens with zero attached hydrogens (tertiary/aromatic N) is 1. The molecule has 3 aromatic rings. The Kier molecular flexibility index (Phi) is 3.48. The maximum absolute atomic E-state index is 14.1. The molecule has 138 valence electrons. The zero-order valence-electron chi connectivity index (χ0n) is 14.4. The van der Waals surface area contributed by atoms with Crippen molar-refractivity contribution in [1.82, 2.24) is 0 Å². The predicted molar refractivity (Wildman–Crippen MR) is 105 cm³/mol. The number of hydrogen-bond acceptors (Lipinski definition) is 3. The third-order valence-electron chi connectivity index (χ3n) is 5.04. The van der Waals surface area contributed by atoms with E-state index in [2.05, 4.69) is 10.6 Å². The summed E-state index contributed by atoms with van der Waals surface area (Å²) in [6.45, 7) is 0. The molecular weight excluding hydrogens is 381 g/mol. The SMILES string of the molecule is O=C1c2ccccc2NC2(C(=O)Nc3ccc(F)cc32)N1c1ccc(Cl)cc1. The number of halogens is 2. The minimum absolute atomic E-state index is 0.343. The molecule has 3 aromatic carbocycles. The molecule has 0 radical (unpaired) electrons. The molecule has 0 saturated carbocycles. The molecule has 5 rings (SSSR count). The number of fused-ring (bicyclic) bond motifs is 3. The smallest absolute Gasteiger partial charge is 0.276 e. The van der Waals surface area contributed by atoms with Gasteiger partial charge in [-0.1, -0.05) is 23.7 Å². The molecule has 2 aliphatic rings. The zero-order chi connectivity index (χ0) is 19.5. The second-order valence-electron chi connectivity index (χ2n) is 6.64. The van der Waals surface area contributed by atoms with Gasteiger partial charge in [0.15, 0.2) is 0 Å². The van der Waals surface area contributed by atoms with Gasteiger partial charge in [0.1, 0.15) is 5.82 Å². The van der Waals surface area contributed by atoms with Gasteiger partial charge in [0.2, 0.25) is 5.66 Å². The fourth-order valence-electron chi connectivity index (χ4n) is 3.81. The fourth-order valence-corrected chi connectivity index (χ4v) is 3.94. The molecule has 1 spiro atoms. The van der Waals surface area contributed by atoms with Gasteiger partial charge < -0.3 is 10.6 Å². The van der Waals surface area contributed by atoms with E-state index < -0.39 is 17.4 Å². The molecule has 2 heterocycles. The fraction of sp³-hybridized carbons (Fsp3) is 0.0476. The number of benzene rings is 3. The van der Waals surface area contributed by atoms with Gasteiger partial charge in [-0.15, -0.1) is 0 Å². The average Bonchev–Trinajstić information content (AvgIpc) is 2.95. The van der Waals surface area contributed by atoms with E-state index in [1.807, 2.05) is 0 Å². The summed E-state index contributed by atoms with van der Waals surface area (Å²) in [5.74, 6) is -1.34. The number of para-hydroxylation sites is 1. The maximum atomic E-state index is 14.1. The van der Waals surface area contributed by atoms with E-state index in [0.29, 0.717) is 33.2 Å². The highest BCUT2D eigenvalue weighted by Crippen LogP contribution is 2.47. The minimum atomic E-state index is -1.61. The number of amides is 2. The minimum Gasteiger partial charge on any atom is -0.350 e. The molecular formula is C21H13ClFN3O2. The van der Waals surface area contributed by atoms with Gasteiger partial charge in [-0.2, -0.15) is 0 Å². The second kappa shape index (κ2) is 5.81. The van der Waals surface area contributed by atoms with Gasteiger partial charge in [0.05, 0.1) is 5.56 Å². The summed E-state index contributed by atoms with van der Waals surface area (Å²) < 4.78 is 14.1. The van der Waals surface area contributed by atoms with Crippen molar-refractivity contribution in [2.45, 2.75) is 5.66 Å². The van der Waals surface area contributed by atoms with Crippen molar-refractivity contribution in [1.29, 1.82) is 0 Å². The quantitative estimate of drug-likeness (QED) is 0.646. The number of carbonyl (C=O) groups excluding carboxylic acids is 2. The van der Waals surface area contributed by atoms with Crippen LogP contribution in [0.5, 0.6) is 0 Å². The van der Waals surface area contributed by atoms with Crippen molar-refractivity contribution < 1.29 is 14.0 Å². The molecule has 0 fully saturated rings. The molecule has 0 aliphatic carbocycles. The standard InChI is InChI=1S/C21H13ClFN3O2/c22-12-5-8-14(9-6-12)26-19(27)15-3-1-2-4-17(15)25-21(26)16-11-13(23)7-10-18(16)24-20(21)28/h1-11,25H,(H,24,28). The molecule has 0 aromatic heterocycles. The Morgan fingerprint density at radius 3 is 2.46 bits per heavy atom. The first-order valence-electron chi connectivity index (χ1n) is 8.59. The van der Waals surface area contributed by atoms with Gasteiger partial charge in [-0.25, -0.2) is 4.39 Å². The molecule has 1 unspecified atom stereocenters. The monoisotopic (exact) mass is 393 g/mol. The van der Waals surface area contributed by atoms with E-state index in [0.717, 1.165) is 0 Å². The van der Waals surface area contributed by atoms with Crippen molar-refractivity contribution >= 4 is 40.5 Å². The summed E-state index contributed by atoms with van der Waals surface area (Å²) in [6.07, 6.45) is 0. The number of nitrogens with one attached hydrogen (secondary N) is 2. The number of anilines is 3. The van der Waals surface area contributed by atoms with Crippen LogP contribution in [0.3, 0.4) is 0 Å². The first kappa shape index (κ1) is 16.8. The van der Waals surface area contributed by atoms with Crippen LogP contribution in [0.4, 0.5) is 21.5 Å². The van der Waals surface area contributed by atoms with Crippen molar-refractivity contribution in [3.63, 3.8) is 0 Å². The lowest BCUT2D eigenvalue weighted by Crippen LogP contribution is -2.61. The van der Waals surface area contributed by atoms with E-state index in [9.17, 15) is 14.0 Å². The van der Waals surface area contributed by atoms with Crippen molar-refractivity contribution in [2.24, 2.45) is 0 Å². The van der Waals surface area contributed by atoms with Crippen molar-refractivity contribution in [3.05, 3.63) is 88.7 Å². The summed E-state index contributed by atoms with van der Waals surface area (Å²) in [5.41, 5.74) is 0.561. The van der Waals surface area contributed by atoms with Gasteiger partial charge in [-0.05, 0) is 54.6 Å². The van der Waals surface area contributed by atoms with Crippen LogP contribution in [0.2, 0.25) is 5.02 Å². The van der Waals surface area contributed by atoms with Gasteiger partial charge in [0, 0.05) is 27.6 Å². The summed E-state index contributed by atoms with van der Waals surface area (Å²) in [4.78, 5) is 28.0. The second-order valence-corrected chi connectivity index (χ2v) is 7.08. The average molecular weight is 394 g/mol. The van der Waals surface area contributed by atoms with Gasteiger partial charge >= 0.3 is 0 Å². The van der Waals surface area contributed by atoms with Crippen LogP contribution in [-0.2, 0) is 10.5 Å². The Bertz CT molecular complexity index is 1150. The van der Waals surface area contributed by atoms with Crippen LogP contribution in [0, 0.1) is 5.82 Å². The molecule has 5 nitrogen and oxygen atoms in total. The highest BCUT2D eigenvalue weighted by Gasteiger charge is 2.57. The molecule has 1 atom stereocenters. The van der Waals surface area contributed by atoms with Crippen molar-refractivity contribution in [2.75, 3.05) is 15.5 Å². The Balaban J connectivity index is 1.82. The lowest BCUT2D eigenvalue weighted by Gasteiger charge is -2.44. The Labute approximate surface area is 164 Å². The molecule has 0 saturated heterocycles. The normalized spacial score (nSPS) is 19.9. The number of hydrogen-bond donors (Lipinski definition) is 2. The van der Waals surface area contributed by atoms with Gasteiger partial charge in [0.25, 0.3) is 11.8 Å². The number of carbonyl (C=O) groups is 2. The summed E-state index contributed by atoms with van der Waals surface area (Å²) >= 11 is 6.00. The third-order valence-corrected chi connectivity index (χ3v) is 5.30. The highest BCUT2D eigenvalue weighted by molar-refractivity contribution is 6.30. The molecule has 2 aliphatic heterocycles. The molecule has 2 amide bonds. The van der Waals surface area contributed by atoms with E-state index in [1.165, 1.54) is 23.1 Å². The Hall–Kier alpha value is -3.38. The van der Waals surface area contributed by atoms with E-state index >= 15 is 0 Å². The van der Waals surface area contributed by atoms with Crippen LogP contribution in [0.1, 0.15) is 15.9 Å². The summed E-state index contributed by atoms with van der Waals surface area (Å²) in [7, 11) is 0. The van der Waals surface area contributed by atoms with Gasteiger partial charge in [-0.3, -0.25) is 14.5 Å². The summed E-state index contributed by atoms with van der Waals surface area (Å²) in [5, 5.41) is 6.45. The topological polar surface area (TPSA) is 61.4 Å². The van der Waals surface area contributed by atoms with E-state index in [1.54, 1.807) is 48.5 Å². The largest absolute Gasteiger partial charge is 0.350 e. The van der Waals surface area contributed by atoms with Crippen LogP contribution >= 0.6 is 11.6 Å². The van der Waals surface area contributed by atoms with Crippen LogP contribution in [-0.4, -0.2) is 11.8 Å². The highest BCUT2D eigenvalue weighted by atomic mass is 35.5.